The number of aryl methyl sites for hydroxylation is 1. The van der Waals surface area contributed by atoms with Gasteiger partial charge in [-0.1, -0.05) is 0 Å². The molecule has 1 heterocycles. The number of halogens is 5. The number of aromatic nitrogens is 1. The van der Waals surface area contributed by atoms with E-state index in [4.69, 9.17) is 4.74 Å². The number of carbonyl (C=O) groups excluding carboxylic acids is 1. The van der Waals surface area contributed by atoms with Crippen LogP contribution in [0.5, 0.6) is 5.75 Å². The second kappa shape index (κ2) is 6.62. The first kappa shape index (κ1) is 18.0. The maximum absolute atomic E-state index is 13.4. The molecule has 0 unspecified atom stereocenters. The zero-order valence-electron chi connectivity index (χ0n) is 12.9. The molecule has 0 spiro atoms. The third-order valence-corrected chi connectivity index (χ3v) is 3.46. The van der Waals surface area contributed by atoms with Crippen LogP contribution in [0.15, 0.2) is 24.3 Å². The monoisotopic (exact) mass is 347 g/mol. The molecule has 1 aromatic heterocycles. The summed E-state index contributed by atoms with van der Waals surface area (Å²) in [6.07, 6.45) is -4.41. The highest BCUT2D eigenvalue weighted by molar-refractivity contribution is 5.98. The number of benzene rings is 1. The number of hydrogen-bond donors (Lipinski definition) is 0. The number of ether oxygens (including phenoxy) is 1. The number of nitrogens with zero attached hydrogens (tertiary/aromatic N) is 1. The lowest BCUT2D eigenvalue weighted by Gasteiger charge is -2.12. The van der Waals surface area contributed by atoms with E-state index < -0.39 is 36.7 Å². The average Bonchev–Trinajstić information content (AvgIpc) is 2.73. The van der Waals surface area contributed by atoms with Gasteiger partial charge in [0.1, 0.15) is 12.4 Å². The van der Waals surface area contributed by atoms with Crippen molar-refractivity contribution in [1.29, 1.82) is 0 Å². The molecule has 0 bridgehead atoms. The van der Waals surface area contributed by atoms with Crippen LogP contribution >= 0.6 is 0 Å². The van der Waals surface area contributed by atoms with Gasteiger partial charge in [0.2, 0.25) is 5.78 Å². The van der Waals surface area contributed by atoms with E-state index >= 15 is 0 Å². The van der Waals surface area contributed by atoms with Crippen LogP contribution in [-0.2, 0) is 6.54 Å². The van der Waals surface area contributed by atoms with Crippen molar-refractivity contribution < 1.29 is 31.5 Å². The van der Waals surface area contributed by atoms with Gasteiger partial charge in [0.15, 0.2) is 18.2 Å². The minimum absolute atomic E-state index is 0.0688. The maximum Gasteiger partial charge on any atom is 0.406 e. The van der Waals surface area contributed by atoms with Crippen molar-refractivity contribution in [2.45, 2.75) is 26.6 Å². The fourth-order valence-corrected chi connectivity index (χ4v) is 2.32. The molecular weight excluding hydrogens is 333 g/mol. The van der Waals surface area contributed by atoms with E-state index in [-0.39, 0.29) is 22.7 Å². The predicted octanol–water partition coefficient (Wildman–Crippen LogP) is 4.21. The number of rotatable bonds is 5. The molecule has 0 fully saturated rings. The first-order valence-corrected chi connectivity index (χ1v) is 6.93. The standard InChI is InChI=1S/C16H14F5NO2/c1-9-5-12(10(2)22(9)8-16(19,20)21)14(23)7-24-15-4-3-11(17)6-13(15)18/h3-6H,7-8H2,1-2H3. The van der Waals surface area contributed by atoms with Gasteiger partial charge in [0.25, 0.3) is 0 Å². The Morgan fingerprint density at radius 1 is 1.17 bits per heavy atom. The summed E-state index contributed by atoms with van der Waals surface area (Å²) >= 11 is 0. The highest BCUT2D eigenvalue weighted by Crippen LogP contribution is 2.24. The molecular formula is C16H14F5NO2. The average molecular weight is 347 g/mol. The topological polar surface area (TPSA) is 31.2 Å². The Balaban J connectivity index is 2.14. The van der Waals surface area contributed by atoms with Crippen molar-refractivity contribution in [2.75, 3.05) is 6.61 Å². The van der Waals surface area contributed by atoms with Crippen molar-refractivity contribution in [3.05, 3.63) is 52.9 Å². The Labute approximate surface area is 134 Å². The molecule has 8 heteroatoms. The van der Waals surface area contributed by atoms with Crippen molar-refractivity contribution in [3.63, 3.8) is 0 Å². The number of ketones is 1. The van der Waals surface area contributed by atoms with Crippen LogP contribution in [0.1, 0.15) is 21.7 Å². The Hall–Kier alpha value is -2.38. The lowest BCUT2D eigenvalue weighted by molar-refractivity contribution is -0.141. The summed E-state index contributed by atoms with van der Waals surface area (Å²) in [5.41, 5.74) is 0.499. The van der Waals surface area contributed by atoms with Crippen molar-refractivity contribution in [2.24, 2.45) is 0 Å². The highest BCUT2D eigenvalue weighted by atomic mass is 19.4. The Bertz CT molecular complexity index is 765. The van der Waals surface area contributed by atoms with Gasteiger partial charge in [0, 0.05) is 23.0 Å². The van der Waals surface area contributed by atoms with E-state index in [1.807, 2.05) is 0 Å². The fourth-order valence-electron chi connectivity index (χ4n) is 2.32. The van der Waals surface area contributed by atoms with E-state index in [2.05, 4.69) is 0 Å². The van der Waals surface area contributed by atoms with Crippen LogP contribution in [-0.4, -0.2) is 23.1 Å². The largest absolute Gasteiger partial charge is 0.482 e. The predicted molar refractivity (Wildman–Crippen MR) is 76.1 cm³/mol. The molecule has 0 radical (unpaired) electrons. The summed E-state index contributed by atoms with van der Waals surface area (Å²) in [4.78, 5) is 12.1. The van der Waals surface area contributed by atoms with Gasteiger partial charge in [-0.25, -0.2) is 8.78 Å². The summed E-state index contributed by atoms with van der Waals surface area (Å²) in [7, 11) is 0. The third-order valence-electron chi connectivity index (χ3n) is 3.46. The van der Waals surface area contributed by atoms with Gasteiger partial charge < -0.3 is 9.30 Å². The molecule has 0 amide bonds. The lowest BCUT2D eigenvalue weighted by atomic mass is 10.1. The summed E-state index contributed by atoms with van der Waals surface area (Å²) in [5, 5.41) is 0. The van der Waals surface area contributed by atoms with Crippen LogP contribution in [0.3, 0.4) is 0 Å². The van der Waals surface area contributed by atoms with Crippen molar-refractivity contribution in [3.8, 4) is 5.75 Å². The summed E-state index contributed by atoms with van der Waals surface area (Å²) < 4.78 is 69.9. The number of alkyl halides is 3. The lowest BCUT2D eigenvalue weighted by Crippen LogP contribution is -2.20. The van der Waals surface area contributed by atoms with E-state index in [1.54, 1.807) is 0 Å². The zero-order chi connectivity index (χ0) is 18.1. The van der Waals surface area contributed by atoms with Crippen LogP contribution in [0.2, 0.25) is 0 Å². The number of carbonyl (C=O) groups is 1. The Morgan fingerprint density at radius 2 is 1.83 bits per heavy atom. The molecule has 24 heavy (non-hydrogen) atoms. The minimum atomic E-state index is -4.41. The molecule has 0 saturated carbocycles. The first-order chi connectivity index (χ1) is 11.1. The summed E-state index contributed by atoms with van der Waals surface area (Å²) in [5.74, 6) is -2.67. The molecule has 2 rings (SSSR count). The van der Waals surface area contributed by atoms with Crippen LogP contribution < -0.4 is 4.74 Å². The quantitative estimate of drug-likeness (QED) is 0.599. The third kappa shape index (κ3) is 4.12. The Kier molecular flexibility index (Phi) is 4.96. The fraction of sp³-hybridized carbons (Fsp3) is 0.312. The molecule has 130 valence electrons. The van der Waals surface area contributed by atoms with E-state index in [1.165, 1.54) is 19.9 Å². The van der Waals surface area contributed by atoms with Gasteiger partial charge in [0.05, 0.1) is 0 Å². The molecule has 0 saturated heterocycles. The van der Waals surface area contributed by atoms with E-state index in [0.29, 0.717) is 6.07 Å². The normalized spacial score (nSPS) is 11.6. The SMILES string of the molecule is Cc1cc(C(=O)COc2ccc(F)cc2F)c(C)n1CC(F)(F)F. The molecule has 0 atom stereocenters. The second-order valence-electron chi connectivity index (χ2n) is 5.27. The summed E-state index contributed by atoms with van der Waals surface area (Å²) in [6, 6.07) is 3.94. The first-order valence-electron chi connectivity index (χ1n) is 6.93. The summed E-state index contributed by atoms with van der Waals surface area (Å²) in [6.45, 7) is 1.07. The molecule has 0 aliphatic heterocycles. The van der Waals surface area contributed by atoms with Gasteiger partial charge >= 0.3 is 6.18 Å². The molecule has 3 nitrogen and oxygen atoms in total. The second-order valence-corrected chi connectivity index (χ2v) is 5.27. The molecule has 1 aromatic carbocycles. The minimum Gasteiger partial charge on any atom is -0.482 e. The van der Waals surface area contributed by atoms with Gasteiger partial charge in [-0.3, -0.25) is 4.79 Å². The number of hydrogen-bond acceptors (Lipinski definition) is 2. The molecule has 0 N–H and O–H groups in total. The smallest absolute Gasteiger partial charge is 0.406 e. The van der Waals surface area contributed by atoms with Crippen LogP contribution in [0, 0.1) is 25.5 Å². The zero-order valence-corrected chi connectivity index (χ0v) is 12.9. The highest BCUT2D eigenvalue weighted by Gasteiger charge is 2.30. The van der Waals surface area contributed by atoms with E-state index in [9.17, 15) is 26.7 Å². The Morgan fingerprint density at radius 3 is 2.42 bits per heavy atom. The maximum atomic E-state index is 13.4. The number of Topliss-reactive ketones (excluding diaryl/α,β-unsaturated/α-hetero) is 1. The van der Waals surface area contributed by atoms with Gasteiger partial charge in [-0.2, -0.15) is 13.2 Å². The van der Waals surface area contributed by atoms with Crippen LogP contribution in [0.25, 0.3) is 0 Å². The van der Waals surface area contributed by atoms with Crippen molar-refractivity contribution in [1.82, 2.24) is 4.57 Å². The van der Waals surface area contributed by atoms with E-state index in [0.717, 1.165) is 16.7 Å². The molecule has 2 aromatic rings. The van der Waals surface area contributed by atoms with Gasteiger partial charge in [-0.05, 0) is 32.0 Å². The molecule has 0 aliphatic carbocycles. The van der Waals surface area contributed by atoms with Crippen LogP contribution in [0.4, 0.5) is 22.0 Å². The molecule has 0 aliphatic rings. The van der Waals surface area contributed by atoms with Gasteiger partial charge in [-0.15, -0.1) is 0 Å². The van der Waals surface area contributed by atoms with Crippen molar-refractivity contribution >= 4 is 5.78 Å².